The minimum atomic E-state index is -3.37. The minimum absolute atomic E-state index is 0.0490. The number of aromatic nitrogens is 1. The fourth-order valence-corrected chi connectivity index (χ4v) is 2.76. The van der Waals surface area contributed by atoms with Crippen LogP contribution in [0.25, 0.3) is 0 Å². The largest absolute Gasteiger partial charge is 0.363 e. The zero-order valence-electron chi connectivity index (χ0n) is 10.8. The second-order valence-corrected chi connectivity index (χ2v) is 6.25. The van der Waals surface area contributed by atoms with Gasteiger partial charge in [0.05, 0.1) is 4.90 Å². The average Bonchev–Trinajstić information content (AvgIpc) is 2.74. The molecule has 0 amide bonds. The molecule has 5 nitrogen and oxygen atoms in total. The third kappa shape index (κ3) is 3.31. The van der Waals surface area contributed by atoms with Gasteiger partial charge < -0.3 is 10.3 Å². The van der Waals surface area contributed by atoms with E-state index in [0.717, 1.165) is 12.2 Å². The maximum atomic E-state index is 12.1. The normalized spacial score (nSPS) is 12.6. The molecule has 6 heteroatoms. The number of H-pyrrole nitrogens is 1. The third-order valence-electron chi connectivity index (χ3n) is 2.69. The first kappa shape index (κ1) is 14.2. The molecule has 17 heavy (non-hydrogen) atoms. The highest BCUT2D eigenvalue weighted by Crippen LogP contribution is 2.17. The smallest absolute Gasteiger partial charge is 0.244 e. The Morgan fingerprint density at radius 1 is 1.47 bits per heavy atom. The fourth-order valence-electron chi connectivity index (χ4n) is 1.37. The Morgan fingerprint density at radius 2 is 2.12 bits per heavy atom. The van der Waals surface area contributed by atoms with Crippen LogP contribution in [0.4, 0.5) is 0 Å². The molecule has 1 heterocycles. The molecule has 0 bridgehead atoms. The number of nitrogens with zero attached hydrogens (tertiary/aromatic N) is 1. The van der Waals surface area contributed by atoms with Crippen molar-refractivity contribution in [3.8, 4) is 0 Å². The average molecular weight is 259 g/mol. The van der Waals surface area contributed by atoms with Crippen LogP contribution in [-0.4, -0.2) is 37.3 Å². The lowest BCUT2D eigenvalue weighted by atomic mass is 10.4. The Balaban J connectivity index is 2.89. The Bertz CT molecular complexity index is 451. The number of nitrogens with one attached hydrogen (secondary N) is 2. The quantitative estimate of drug-likeness (QED) is 0.805. The summed E-state index contributed by atoms with van der Waals surface area (Å²) in [6.07, 6.45) is 1.54. The fraction of sp³-hybridized carbons (Fsp3) is 0.636. The van der Waals surface area contributed by atoms with Gasteiger partial charge in [0.1, 0.15) is 0 Å². The molecule has 0 aliphatic rings. The van der Waals surface area contributed by atoms with Gasteiger partial charge in [0.2, 0.25) is 10.0 Å². The zero-order chi connectivity index (χ0) is 13.1. The molecule has 1 aromatic heterocycles. The molecule has 0 spiro atoms. The summed E-state index contributed by atoms with van der Waals surface area (Å²) in [6.45, 7) is 7.21. The van der Waals surface area contributed by atoms with Crippen LogP contribution in [0.5, 0.6) is 0 Å². The molecule has 1 aromatic rings. The van der Waals surface area contributed by atoms with Gasteiger partial charge in [-0.2, -0.15) is 4.31 Å². The van der Waals surface area contributed by atoms with Crippen molar-refractivity contribution in [2.75, 3.05) is 13.6 Å². The van der Waals surface area contributed by atoms with E-state index in [9.17, 15) is 8.42 Å². The summed E-state index contributed by atoms with van der Waals surface area (Å²) in [4.78, 5) is 3.29. The molecule has 0 unspecified atom stereocenters. The molecule has 0 aliphatic carbocycles. The molecule has 1 rings (SSSR count). The molecule has 0 fully saturated rings. The standard InChI is InChI=1S/C11H21N3O2S/c1-5-12-7-10-6-11(8-13-10)17(15,16)14(4)9(2)3/h6,8-9,12-13H,5,7H2,1-4H3. The van der Waals surface area contributed by atoms with E-state index in [2.05, 4.69) is 10.3 Å². The van der Waals surface area contributed by atoms with Crippen molar-refractivity contribution in [3.05, 3.63) is 18.0 Å². The van der Waals surface area contributed by atoms with Gasteiger partial charge in [-0.25, -0.2) is 8.42 Å². The van der Waals surface area contributed by atoms with Gasteiger partial charge in [0.25, 0.3) is 0 Å². The van der Waals surface area contributed by atoms with E-state index in [0.29, 0.717) is 11.4 Å². The van der Waals surface area contributed by atoms with Gasteiger partial charge in [-0.3, -0.25) is 0 Å². The number of aromatic amines is 1. The van der Waals surface area contributed by atoms with E-state index in [1.165, 1.54) is 4.31 Å². The molecule has 0 radical (unpaired) electrons. The van der Waals surface area contributed by atoms with Crippen LogP contribution < -0.4 is 5.32 Å². The highest BCUT2D eigenvalue weighted by atomic mass is 32.2. The van der Waals surface area contributed by atoms with E-state index >= 15 is 0 Å². The predicted octanol–water partition coefficient (Wildman–Crippen LogP) is 1.15. The molecule has 0 aliphatic heterocycles. The van der Waals surface area contributed by atoms with E-state index in [1.54, 1.807) is 19.3 Å². The van der Waals surface area contributed by atoms with E-state index in [-0.39, 0.29) is 6.04 Å². The van der Waals surface area contributed by atoms with Crippen molar-refractivity contribution in [2.45, 2.75) is 38.3 Å². The summed E-state index contributed by atoms with van der Waals surface area (Å²) < 4.78 is 25.7. The first-order chi connectivity index (χ1) is 7.89. The Morgan fingerprint density at radius 3 is 2.65 bits per heavy atom. The Kier molecular flexibility index (Phi) is 4.73. The topological polar surface area (TPSA) is 65.2 Å². The van der Waals surface area contributed by atoms with Crippen LogP contribution in [0.3, 0.4) is 0 Å². The zero-order valence-corrected chi connectivity index (χ0v) is 11.6. The van der Waals surface area contributed by atoms with Crippen LogP contribution in [0.1, 0.15) is 26.5 Å². The van der Waals surface area contributed by atoms with Crippen molar-refractivity contribution in [3.63, 3.8) is 0 Å². The van der Waals surface area contributed by atoms with E-state index < -0.39 is 10.0 Å². The van der Waals surface area contributed by atoms with Gasteiger partial charge in [-0.15, -0.1) is 0 Å². The van der Waals surface area contributed by atoms with Crippen molar-refractivity contribution in [1.29, 1.82) is 0 Å². The van der Waals surface area contributed by atoms with Crippen molar-refractivity contribution in [2.24, 2.45) is 0 Å². The van der Waals surface area contributed by atoms with Gasteiger partial charge in [0.15, 0.2) is 0 Å². The van der Waals surface area contributed by atoms with E-state index in [4.69, 9.17) is 0 Å². The van der Waals surface area contributed by atoms with Gasteiger partial charge in [0, 0.05) is 31.5 Å². The summed E-state index contributed by atoms with van der Waals surface area (Å²) in [6, 6.07) is 1.63. The predicted molar refractivity (Wildman–Crippen MR) is 68.3 cm³/mol. The SMILES string of the molecule is CCNCc1cc(S(=O)(=O)N(C)C(C)C)c[nH]1. The maximum absolute atomic E-state index is 12.1. The van der Waals surface area contributed by atoms with Crippen LogP contribution in [0.15, 0.2) is 17.2 Å². The third-order valence-corrected chi connectivity index (χ3v) is 4.70. The number of sulfonamides is 1. The first-order valence-corrected chi connectivity index (χ1v) is 7.19. The molecule has 98 valence electrons. The Labute approximate surface area is 103 Å². The molecule has 0 aromatic carbocycles. The number of rotatable bonds is 6. The van der Waals surface area contributed by atoms with Gasteiger partial charge in [-0.1, -0.05) is 6.92 Å². The summed E-state index contributed by atoms with van der Waals surface area (Å²) in [5, 5.41) is 3.14. The molecular weight excluding hydrogens is 238 g/mol. The second-order valence-electron chi connectivity index (χ2n) is 4.26. The lowest BCUT2D eigenvalue weighted by molar-refractivity contribution is 0.410. The highest BCUT2D eigenvalue weighted by molar-refractivity contribution is 7.89. The monoisotopic (exact) mass is 259 g/mol. The summed E-state index contributed by atoms with van der Waals surface area (Å²) in [5.41, 5.74) is 0.877. The molecule has 0 saturated heterocycles. The minimum Gasteiger partial charge on any atom is -0.363 e. The molecule has 0 saturated carbocycles. The van der Waals surface area contributed by atoms with Crippen molar-refractivity contribution < 1.29 is 8.42 Å². The van der Waals surface area contributed by atoms with E-state index in [1.807, 2.05) is 20.8 Å². The molecular formula is C11H21N3O2S. The molecule has 2 N–H and O–H groups in total. The number of hydrogen-bond donors (Lipinski definition) is 2. The molecule has 0 atom stereocenters. The highest BCUT2D eigenvalue weighted by Gasteiger charge is 2.23. The summed E-state index contributed by atoms with van der Waals surface area (Å²) >= 11 is 0. The maximum Gasteiger partial charge on any atom is 0.244 e. The van der Waals surface area contributed by atoms with Gasteiger partial charge >= 0.3 is 0 Å². The summed E-state index contributed by atoms with van der Waals surface area (Å²) in [7, 11) is -1.77. The van der Waals surface area contributed by atoms with Crippen LogP contribution in [-0.2, 0) is 16.6 Å². The van der Waals surface area contributed by atoms with Crippen LogP contribution in [0.2, 0.25) is 0 Å². The summed E-state index contributed by atoms with van der Waals surface area (Å²) in [5.74, 6) is 0. The first-order valence-electron chi connectivity index (χ1n) is 5.75. The lowest BCUT2D eigenvalue weighted by Crippen LogP contribution is -2.32. The van der Waals surface area contributed by atoms with Crippen molar-refractivity contribution in [1.82, 2.24) is 14.6 Å². The van der Waals surface area contributed by atoms with Crippen molar-refractivity contribution >= 4 is 10.0 Å². The lowest BCUT2D eigenvalue weighted by Gasteiger charge is -2.19. The Hall–Kier alpha value is -0.850. The number of hydrogen-bond acceptors (Lipinski definition) is 3. The van der Waals surface area contributed by atoms with Crippen LogP contribution >= 0.6 is 0 Å². The second kappa shape index (κ2) is 5.66. The van der Waals surface area contributed by atoms with Gasteiger partial charge in [-0.05, 0) is 26.5 Å². The van der Waals surface area contributed by atoms with Crippen LogP contribution in [0, 0.1) is 0 Å².